The minimum Gasteiger partial charge on any atom is -0.139 e. The lowest BCUT2D eigenvalue weighted by Gasteiger charge is -1.97. The summed E-state index contributed by atoms with van der Waals surface area (Å²) < 4.78 is 1.16. The highest BCUT2D eigenvalue weighted by atomic mass is 35.5. The zero-order valence-corrected chi connectivity index (χ0v) is 9.43. The monoisotopic (exact) mass is 230 g/mol. The molecule has 0 saturated carbocycles. The Morgan fingerprint density at radius 1 is 1.31 bits per heavy atom. The molecule has 0 unspecified atom stereocenters. The van der Waals surface area contributed by atoms with Crippen LogP contribution in [0.2, 0.25) is 5.02 Å². The van der Waals surface area contributed by atoms with Crippen LogP contribution in [0.3, 0.4) is 0 Å². The molecule has 0 bridgehead atoms. The number of halogens is 2. The van der Waals surface area contributed by atoms with E-state index in [2.05, 4.69) is 19.1 Å². The molecule has 1 heterocycles. The highest BCUT2D eigenvalue weighted by Gasteiger charge is 2.04. The molecule has 3 heteroatoms. The Morgan fingerprint density at radius 3 is 2.77 bits per heavy atom. The number of benzene rings is 1. The van der Waals surface area contributed by atoms with Gasteiger partial charge in [-0.1, -0.05) is 11.6 Å². The predicted molar refractivity (Wildman–Crippen MR) is 61.1 cm³/mol. The number of aryl methyl sites for hydroxylation is 1. The Labute approximate surface area is 91.1 Å². The normalized spacial score (nSPS) is 11.0. The molecule has 1 aromatic carbocycles. The van der Waals surface area contributed by atoms with Crippen LogP contribution in [-0.2, 0) is 5.88 Å². The minimum absolute atomic E-state index is 0.518. The van der Waals surface area contributed by atoms with E-state index in [1.165, 1.54) is 10.3 Å². The van der Waals surface area contributed by atoms with E-state index < -0.39 is 0 Å². The van der Waals surface area contributed by atoms with Gasteiger partial charge in [0.05, 0.1) is 9.72 Å². The zero-order valence-electron chi connectivity index (χ0n) is 7.10. The van der Waals surface area contributed by atoms with Crippen molar-refractivity contribution in [1.82, 2.24) is 0 Å². The van der Waals surface area contributed by atoms with Crippen molar-refractivity contribution >= 4 is 44.6 Å². The maximum atomic E-state index is 6.11. The summed E-state index contributed by atoms with van der Waals surface area (Å²) in [6.45, 7) is 2.08. The maximum absolute atomic E-state index is 6.11. The molecule has 0 aliphatic rings. The summed E-state index contributed by atoms with van der Waals surface area (Å²) in [4.78, 5) is 1.28. The number of rotatable bonds is 1. The summed E-state index contributed by atoms with van der Waals surface area (Å²) in [5, 5.41) is 2.01. The van der Waals surface area contributed by atoms with Gasteiger partial charge in [-0.05, 0) is 36.1 Å². The molecule has 0 aliphatic carbocycles. The molecule has 2 rings (SSSR count). The highest BCUT2D eigenvalue weighted by molar-refractivity contribution is 7.19. The van der Waals surface area contributed by atoms with Crippen molar-refractivity contribution < 1.29 is 0 Å². The van der Waals surface area contributed by atoms with Gasteiger partial charge in [-0.25, -0.2) is 0 Å². The number of fused-ring (bicyclic) bond motifs is 1. The number of alkyl halides is 1. The van der Waals surface area contributed by atoms with E-state index in [-0.39, 0.29) is 0 Å². The summed E-state index contributed by atoms with van der Waals surface area (Å²) in [7, 11) is 0. The van der Waals surface area contributed by atoms with Gasteiger partial charge < -0.3 is 0 Å². The van der Waals surface area contributed by atoms with E-state index in [1.807, 2.05) is 6.07 Å². The average molecular weight is 231 g/mol. The largest absolute Gasteiger partial charge is 0.139 e. The number of hydrogen-bond acceptors (Lipinski definition) is 1. The van der Waals surface area contributed by atoms with Crippen LogP contribution in [0.1, 0.15) is 10.4 Å². The first-order valence-corrected chi connectivity index (χ1v) is 5.68. The lowest BCUT2D eigenvalue weighted by Crippen LogP contribution is -1.76. The minimum atomic E-state index is 0.518. The molecule has 2 aromatic rings. The fourth-order valence-electron chi connectivity index (χ4n) is 1.37. The summed E-state index contributed by atoms with van der Waals surface area (Å²) in [5.74, 6) is 0.518. The van der Waals surface area contributed by atoms with Crippen molar-refractivity contribution in [2.24, 2.45) is 0 Å². The Hall–Kier alpha value is -0.240. The summed E-state index contributed by atoms with van der Waals surface area (Å²) >= 11 is 13.6. The Balaban J connectivity index is 2.75. The lowest BCUT2D eigenvalue weighted by atomic mass is 10.2. The van der Waals surface area contributed by atoms with Gasteiger partial charge >= 0.3 is 0 Å². The van der Waals surface area contributed by atoms with E-state index in [0.29, 0.717) is 5.88 Å². The van der Waals surface area contributed by atoms with Crippen LogP contribution in [0.4, 0.5) is 0 Å². The molecular weight excluding hydrogens is 223 g/mol. The molecule has 13 heavy (non-hydrogen) atoms. The lowest BCUT2D eigenvalue weighted by molar-refractivity contribution is 1.43. The van der Waals surface area contributed by atoms with Gasteiger partial charge in [0.15, 0.2) is 0 Å². The number of thiophene rings is 1. The van der Waals surface area contributed by atoms with Crippen molar-refractivity contribution in [1.29, 1.82) is 0 Å². The van der Waals surface area contributed by atoms with Gasteiger partial charge in [0.2, 0.25) is 0 Å². The molecule has 0 amide bonds. The Morgan fingerprint density at radius 2 is 2.08 bits per heavy atom. The topological polar surface area (TPSA) is 0 Å². The van der Waals surface area contributed by atoms with Crippen molar-refractivity contribution in [3.63, 3.8) is 0 Å². The third kappa shape index (κ3) is 1.69. The quantitative estimate of drug-likeness (QED) is 0.629. The Bertz CT molecular complexity index is 445. The fraction of sp³-hybridized carbons (Fsp3) is 0.200. The first-order valence-electron chi connectivity index (χ1n) is 3.95. The standard InChI is InChI=1S/C10H8Cl2S/c1-6-2-8-3-7(5-11)4-9(12)10(8)13-6/h2-4H,5H2,1H3. The van der Waals surface area contributed by atoms with Gasteiger partial charge in [0.1, 0.15) is 0 Å². The van der Waals surface area contributed by atoms with E-state index in [0.717, 1.165) is 15.3 Å². The van der Waals surface area contributed by atoms with Gasteiger partial charge in [-0.3, -0.25) is 0 Å². The third-order valence-corrected chi connectivity index (χ3v) is 3.73. The van der Waals surface area contributed by atoms with Crippen LogP contribution in [0, 0.1) is 6.92 Å². The van der Waals surface area contributed by atoms with Crippen LogP contribution in [-0.4, -0.2) is 0 Å². The predicted octanol–water partition coefficient (Wildman–Crippen LogP) is 4.60. The molecule has 0 aliphatic heterocycles. The van der Waals surface area contributed by atoms with Crippen LogP contribution in [0.15, 0.2) is 18.2 Å². The number of hydrogen-bond donors (Lipinski definition) is 0. The summed E-state index contributed by atoms with van der Waals surface area (Å²) in [6, 6.07) is 6.17. The van der Waals surface area contributed by atoms with Crippen molar-refractivity contribution in [3.8, 4) is 0 Å². The molecule has 1 aromatic heterocycles. The molecule has 0 N–H and O–H groups in total. The van der Waals surface area contributed by atoms with Gasteiger partial charge in [-0.15, -0.1) is 22.9 Å². The van der Waals surface area contributed by atoms with E-state index in [9.17, 15) is 0 Å². The molecule has 0 spiro atoms. The van der Waals surface area contributed by atoms with Crippen LogP contribution < -0.4 is 0 Å². The zero-order chi connectivity index (χ0) is 9.42. The second-order valence-electron chi connectivity index (χ2n) is 2.99. The molecular formula is C10H8Cl2S. The third-order valence-electron chi connectivity index (χ3n) is 1.91. The van der Waals surface area contributed by atoms with Crippen molar-refractivity contribution in [3.05, 3.63) is 33.7 Å². The van der Waals surface area contributed by atoms with Crippen LogP contribution in [0.5, 0.6) is 0 Å². The van der Waals surface area contributed by atoms with E-state index in [4.69, 9.17) is 23.2 Å². The smallest absolute Gasteiger partial charge is 0.0587 e. The van der Waals surface area contributed by atoms with E-state index >= 15 is 0 Å². The van der Waals surface area contributed by atoms with Crippen molar-refractivity contribution in [2.45, 2.75) is 12.8 Å². The summed E-state index contributed by atoms with van der Waals surface area (Å²) in [6.07, 6.45) is 0. The van der Waals surface area contributed by atoms with E-state index in [1.54, 1.807) is 11.3 Å². The van der Waals surface area contributed by atoms with Crippen molar-refractivity contribution in [2.75, 3.05) is 0 Å². The van der Waals surface area contributed by atoms with Gasteiger partial charge in [0.25, 0.3) is 0 Å². The van der Waals surface area contributed by atoms with Gasteiger partial charge in [-0.2, -0.15) is 0 Å². The Kier molecular flexibility index (Phi) is 2.50. The highest BCUT2D eigenvalue weighted by Crippen LogP contribution is 2.32. The molecule has 0 fully saturated rings. The second kappa shape index (κ2) is 3.49. The summed E-state index contributed by atoms with van der Waals surface area (Å²) in [5.41, 5.74) is 1.08. The molecule has 68 valence electrons. The van der Waals surface area contributed by atoms with Gasteiger partial charge in [0, 0.05) is 10.8 Å². The molecule has 0 nitrogen and oxygen atoms in total. The SMILES string of the molecule is Cc1cc2cc(CCl)cc(Cl)c2s1. The molecule has 0 atom stereocenters. The maximum Gasteiger partial charge on any atom is 0.0587 e. The average Bonchev–Trinajstić information content (AvgIpc) is 2.46. The second-order valence-corrected chi connectivity index (χ2v) is 4.92. The molecule has 0 radical (unpaired) electrons. The van der Waals surface area contributed by atoms with Crippen LogP contribution in [0.25, 0.3) is 10.1 Å². The fourth-order valence-corrected chi connectivity index (χ4v) is 2.79. The van der Waals surface area contributed by atoms with Crippen LogP contribution >= 0.6 is 34.5 Å². The molecule has 0 saturated heterocycles. The first kappa shape index (κ1) is 9.32. The first-order chi connectivity index (χ1) is 6.20.